The molecule has 1 aliphatic carbocycles. The zero-order chi connectivity index (χ0) is 19.0. The van der Waals surface area contributed by atoms with Crippen molar-refractivity contribution in [2.24, 2.45) is 0 Å². The van der Waals surface area contributed by atoms with Gasteiger partial charge < -0.3 is 14.9 Å². The average molecular weight is 367 g/mol. The first-order valence-corrected chi connectivity index (χ1v) is 9.55. The highest BCUT2D eigenvalue weighted by Gasteiger charge is 2.32. The molecule has 2 aromatic carbocycles. The molecule has 5 heteroatoms. The molecule has 2 aliphatic rings. The van der Waals surface area contributed by atoms with E-state index >= 15 is 0 Å². The second-order valence-electron chi connectivity index (χ2n) is 7.36. The van der Waals surface area contributed by atoms with E-state index in [-0.39, 0.29) is 12.6 Å². The molecule has 2 aromatic rings. The van der Waals surface area contributed by atoms with Crippen molar-refractivity contribution in [3.8, 4) is 0 Å². The first-order chi connectivity index (χ1) is 13.1. The predicted octanol–water partition coefficient (Wildman–Crippen LogP) is 2.69. The minimum Gasteiger partial charge on any atom is -0.461 e. The van der Waals surface area contributed by atoms with Crippen LogP contribution in [0.1, 0.15) is 59.8 Å². The second kappa shape index (κ2) is 7.43. The largest absolute Gasteiger partial charge is 0.461 e. The number of hydrogen-bond donors (Lipinski definition) is 2. The van der Waals surface area contributed by atoms with Gasteiger partial charge in [-0.3, -0.25) is 9.69 Å². The molecule has 27 heavy (non-hydrogen) atoms. The van der Waals surface area contributed by atoms with E-state index < -0.39 is 12.2 Å². The molecule has 4 rings (SSSR count). The van der Waals surface area contributed by atoms with Crippen molar-refractivity contribution in [2.45, 2.75) is 44.6 Å². The first kappa shape index (κ1) is 18.2. The molecular weight excluding hydrogens is 342 g/mol. The van der Waals surface area contributed by atoms with Crippen molar-refractivity contribution < 1.29 is 19.7 Å². The van der Waals surface area contributed by atoms with Gasteiger partial charge >= 0.3 is 5.97 Å². The third-order valence-electron chi connectivity index (χ3n) is 5.63. The van der Waals surface area contributed by atoms with Gasteiger partial charge in [0, 0.05) is 19.1 Å². The highest BCUT2D eigenvalue weighted by molar-refractivity contribution is 5.69. The van der Waals surface area contributed by atoms with Crippen LogP contribution in [-0.4, -0.2) is 40.2 Å². The lowest BCUT2D eigenvalue weighted by Gasteiger charge is -2.29. The summed E-state index contributed by atoms with van der Waals surface area (Å²) in [4.78, 5) is 14.2. The summed E-state index contributed by atoms with van der Waals surface area (Å²) in [5.41, 5.74) is 3.63. The Balaban J connectivity index is 1.40. The van der Waals surface area contributed by atoms with Crippen LogP contribution in [0.5, 0.6) is 0 Å². The molecule has 142 valence electrons. The highest BCUT2D eigenvalue weighted by Crippen LogP contribution is 2.41. The zero-order valence-electron chi connectivity index (χ0n) is 15.5. The third kappa shape index (κ3) is 3.63. The van der Waals surface area contributed by atoms with Crippen LogP contribution in [0, 0.1) is 0 Å². The summed E-state index contributed by atoms with van der Waals surface area (Å²) in [6, 6.07) is 13.5. The van der Waals surface area contributed by atoms with Gasteiger partial charge in [0.1, 0.15) is 18.8 Å². The summed E-state index contributed by atoms with van der Waals surface area (Å²) in [6.45, 7) is 4.16. The Morgan fingerprint density at radius 3 is 2.41 bits per heavy atom. The van der Waals surface area contributed by atoms with E-state index in [0.29, 0.717) is 23.6 Å². The van der Waals surface area contributed by atoms with Crippen molar-refractivity contribution in [2.75, 3.05) is 13.1 Å². The van der Waals surface area contributed by atoms with E-state index in [0.717, 1.165) is 36.2 Å². The molecular formula is C22H25NO4. The van der Waals surface area contributed by atoms with Gasteiger partial charge in [0.2, 0.25) is 0 Å². The highest BCUT2D eigenvalue weighted by atomic mass is 16.5. The number of hydrogen-bond acceptors (Lipinski definition) is 5. The molecule has 5 nitrogen and oxygen atoms in total. The zero-order valence-corrected chi connectivity index (χ0v) is 15.5. The topological polar surface area (TPSA) is 69.8 Å². The number of aliphatic hydroxyl groups is 2. The van der Waals surface area contributed by atoms with E-state index in [9.17, 15) is 15.0 Å². The Morgan fingerprint density at radius 1 is 1.07 bits per heavy atom. The van der Waals surface area contributed by atoms with Gasteiger partial charge in [-0.15, -0.1) is 0 Å². The fourth-order valence-corrected chi connectivity index (χ4v) is 3.90. The molecule has 0 amide bonds. The van der Waals surface area contributed by atoms with Crippen LogP contribution in [0.2, 0.25) is 0 Å². The van der Waals surface area contributed by atoms with Crippen LogP contribution in [0.25, 0.3) is 0 Å². The number of carbonyl (C=O) groups is 1. The number of esters is 1. The molecule has 0 saturated carbocycles. The average Bonchev–Trinajstić information content (AvgIpc) is 3.47. The van der Waals surface area contributed by atoms with E-state index in [2.05, 4.69) is 11.8 Å². The number of benzene rings is 2. The number of fused-ring (bicyclic) bond motifs is 2. The van der Waals surface area contributed by atoms with Crippen LogP contribution in [0.4, 0.5) is 0 Å². The molecule has 0 aromatic heterocycles. The first-order valence-electron chi connectivity index (χ1n) is 9.55. The molecule has 1 aliphatic heterocycles. The lowest BCUT2D eigenvalue weighted by molar-refractivity contribution is -0.145. The molecule has 4 unspecified atom stereocenters. The van der Waals surface area contributed by atoms with Gasteiger partial charge in [-0.25, -0.2) is 0 Å². The number of aliphatic hydroxyl groups excluding tert-OH is 2. The molecule has 1 heterocycles. The molecule has 4 atom stereocenters. The fourth-order valence-electron chi connectivity index (χ4n) is 3.90. The maximum absolute atomic E-state index is 12.0. The van der Waals surface area contributed by atoms with Gasteiger partial charge in [-0.1, -0.05) is 43.3 Å². The van der Waals surface area contributed by atoms with E-state index in [1.165, 1.54) is 0 Å². The number of nitrogens with zero attached hydrogens (tertiary/aromatic N) is 1. The standard InChI is InChI=1S/C22H25NO4/c1-2-15-12-23(15)10-9-20(24)27-13-14-7-8-18-19(11-14)22(26)17-6-4-3-5-16(17)21(18)25/h3-8,11,15,21-22,25-26H,2,9-10,12-13H2,1H3. The normalized spacial score (nSPS) is 25.4. The van der Waals surface area contributed by atoms with Crippen molar-refractivity contribution in [3.05, 3.63) is 70.3 Å². The van der Waals surface area contributed by atoms with Crippen molar-refractivity contribution in [3.63, 3.8) is 0 Å². The quantitative estimate of drug-likeness (QED) is 0.607. The summed E-state index contributed by atoms with van der Waals surface area (Å²) >= 11 is 0. The monoisotopic (exact) mass is 367 g/mol. The van der Waals surface area contributed by atoms with Crippen LogP contribution in [0.15, 0.2) is 42.5 Å². The number of carbonyl (C=O) groups excluding carboxylic acids is 1. The fraction of sp³-hybridized carbons (Fsp3) is 0.409. The molecule has 0 bridgehead atoms. The molecule has 0 spiro atoms. The maximum Gasteiger partial charge on any atom is 0.307 e. The lowest BCUT2D eigenvalue weighted by atomic mass is 9.81. The molecule has 1 saturated heterocycles. The van der Waals surface area contributed by atoms with Gasteiger partial charge in [0.05, 0.1) is 6.42 Å². The van der Waals surface area contributed by atoms with Crippen LogP contribution in [0.3, 0.4) is 0 Å². The van der Waals surface area contributed by atoms with Gasteiger partial charge in [-0.05, 0) is 40.3 Å². The van der Waals surface area contributed by atoms with E-state index in [4.69, 9.17) is 4.74 Å². The Morgan fingerprint density at radius 2 is 1.74 bits per heavy atom. The van der Waals surface area contributed by atoms with Crippen LogP contribution >= 0.6 is 0 Å². The number of rotatable bonds is 6. The van der Waals surface area contributed by atoms with Crippen molar-refractivity contribution >= 4 is 5.97 Å². The van der Waals surface area contributed by atoms with Crippen molar-refractivity contribution in [1.82, 2.24) is 4.90 Å². The molecule has 2 N–H and O–H groups in total. The minimum absolute atomic E-state index is 0.174. The van der Waals surface area contributed by atoms with Crippen LogP contribution in [-0.2, 0) is 16.1 Å². The minimum atomic E-state index is -0.788. The van der Waals surface area contributed by atoms with E-state index in [1.54, 1.807) is 0 Å². The van der Waals surface area contributed by atoms with Crippen LogP contribution < -0.4 is 0 Å². The lowest BCUT2D eigenvalue weighted by Crippen LogP contribution is -2.18. The Hall–Kier alpha value is -2.21. The van der Waals surface area contributed by atoms with Gasteiger partial charge in [0.15, 0.2) is 0 Å². The smallest absolute Gasteiger partial charge is 0.307 e. The van der Waals surface area contributed by atoms with E-state index in [1.807, 2.05) is 42.5 Å². The summed E-state index contributed by atoms with van der Waals surface area (Å²) < 4.78 is 5.39. The second-order valence-corrected chi connectivity index (χ2v) is 7.36. The Bertz CT molecular complexity index is 850. The number of ether oxygens (including phenoxy) is 1. The summed E-state index contributed by atoms with van der Waals surface area (Å²) in [7, 11) is 0. The Kier molecular flexibility index (Phi) is 5.00. The maximum atomic E-state index is 12.0. The summed E-state index contributed by atoms with van der Waals surface area (Å²) in [5, 5.41) is 21.3. The summed E-state index contributed by atoms with van der Waals surface area (Å²) in [5.74, 6) is -0.208. The third-order valence-corrected chi connectivity index (χ3v) is 5.63. The predicted molar refractivity (Wildman–Crippen MR) is 101 cm³/mol. The van der Waals surface area contributed by atoms with Gasteiger partial charge in [0.25, 0.3) is 0 Å². The Labute approximate surface area is 159 Å². The SMILES string of the molecule is CCC1CN1CCC(=O)OCc1ccc2c(c1)C(O)c1ccccc1C2O. The molecule has 1 fully saturated rings. The van der Waals surface area contributed by atoms with Gasteiger partial charge in [-0.2, -0.15) is 0 Å². The molecule has 0 radical (unpaired) electrons. The summed E-state index contributed by atoms with van der Waals surface area (Å²) in [6.07, 6.45) is -0.0170. The van der Waals surface area contributed by atoms with Crippen molar-refractivity contribution in [1.29, 1.82) is 0 Å².